The number of nitrogens with zero attached hydrogens (tertiary/aromatic N) is 2. The Morgan fingerprint density at radius 1 is 1.45 bits per heavy atom. The molecule has 20 heavy (non-hydrogen) atoms. The van der Waals surface area contributed by atoms with Crippen LogP contribution in [0, 0.1) is 5.41 Å². The first-order valence-corrected chi connectivity index (χ1v) is 7.09. The van der Waals surface area contributed by atoms with Crippen LogP contribution in [0.15, 0.2) is 29.6 Å². The molecule has 0 aliphatic heterocycles. The van der Waals surface area contributed by atoms with Gasteiger partial charge >= 0.3 is 0 Å². The number of nitrogens with two attached hydrogens (primary N) is 1. The summed E-state index contributed by atoms with van der Waals surface area (Å²) in [5, 5.41) is 15.3. The summed E-state index contributed by atoms with van der Waals surface area (Å²) in [6.45, 7) is 7.03. The first-order chi connectivity index (χ1) is 9.47. The zero-order chi connectivity index (χ0) is 15.0. The van der Waals surface area contributed by atoms with E-state index >= 15 is 0 Å². The topological polar surface area (TPSA) is 83.5 Å². The first kappa shape index (κ1) is 16.4. The third kappa shape index (κ3) is 5.17. The highest BCUT2D eigenvalue weighted by atomic mass is 16.4. The van der Waals surface area contributed by atoms with Crippen LogP contribution >= 0.6 is 0 Å². The van der Waals surface area contributed by atoms with Gasteiger partial charge in [0.1, 0.15) is 5.84 Å². The third-order valence-corrected chi connectivity index (χ3v) is 3.61. The van der Waals surface area contributed by atoms with Crippen LogP contribution in [-0.2, 0) is 0 Å². The predicted octanol–water partition coefficient (Wildman–Crippen LogP) is 2.68. The highest BCUT2D eigenvalue weighted by Crippen LogP contribution is 2.23. The molecule has 0 aliphatic carbocycles. The van der Waals surface area contributed by atoms with Crippen LogP contribution in [0.2, 0.25) is 0 Å². The van der Waals surface area contributed by atoms with E-state index < -0.39 is 0 Å². The van der Waals surface area contributed by atoms with Gasteiger partial charge in [0.05, 0.1) is 5.69 Å². The second-order valence-electron chi connectivity index (χ2n) is 5.76. The number of aromatic nitrogens is 1. The Morgan fingerprint density at radius 3 is 2.80 bits per heavy atom. The Kier molecular flexibility index (Phi) is 6.45. The Hall–Kier alpha value is -1.62. The van der Waals surface area contributed by atoms with Gasteiger partial charge in [-0.15, -0.1) is 0 Å². The van der Waals surface area contributed by atoms with Crippen molar-refractivity contribution in [1.29, 1.82) is 0 Å². The second kappa shape index (κ2) is 7.85. The fraction of sp³-hybridized carbons (Fsp3) is 0.600. The van der Waals surface area contributed by atoms with Crippen molar-refractivity contribution in [3.8, 4) is 0 Å². The van der Waals surface area contributed by atoms with Gasteiger partial charge in [0.15, 0.2) is 0 Å². The van der Waals surface area contributed by atoms with E-state index in [-0.39, 0.29) is 11.5 Å². The van der Waals surface area contributed by atoms with Crippen LogP contribution in [0.4, 0.5) is 0 Å². The van der Waals surface area contributed by atoms with Gasteiger partial charge in [-0.3, -0.25) is 4.98 Å². The van der Waals surface area contributed by atoms with Crippen LogP contribution in [0.25, 0.3) is 0 Å². The van der Waals surface area contributed by atoms with Gasteiger partial charge in [-0.2, -0.15) is 0 Å². The summed E-state index contributed by atoms with van der Waals surface area (Å²) in [6.07, 6.45) is 4.81. The SMILES string of the molecule is CC(NCCCCC(C)(C)/C(N)=N/O)c1ccccn1. The van der Waals surface area contributed by atoms with Gasteiger partial charge in [0.25, 0.3) is 0 Å². The Bertz CT molecular complexity index is 417. The minimum Gasteiger partial charge on any atom is -0.409 e. The number of amidine groups is 1. The lowest BCUT2D eigenvalue weighted by atomic mass is 9.86. The van der Waals surface area contributed by atoms with Crippen LogP contribution in [-0.4, -0.2) is 22.6 Å². The number of hydrogen-bond acceptors (Lipinski definition) is 4. The molecule has 1 rings (SSSR count). The maximum Gasteiger partial charge on any atom is 0.144 e. The van der Waals surface area contributed by atoms with Crippen molar-refractivity contribution in [2.45, 2.75) is 46.1 Å². The molecule has 0 amide bonds. The summed E-state index contributed by atoms with van der Waals surface area (Å²) in [7, 11) is 0. The van der Waals surface area contributed by atoms with Gasteiger partial charge in [0.2, 0.25) is 0 Å². The molecule has 0 bridgehead atoms. The monoisotopic (exact) mass is 278 g/mol. The molecule has 5 heteroatoms. The minimum absolute atomic E-state index is 0.249. The van der Waals surface area contributed by atoms with E-state index in [4.69, 9.17) is 10.9 Å². The number of nitrogens with one attached hydrogen (secondary N) is 1. The largest absolute Gasteiger partial charge is 0.409 e. The molecular weight excluding hydrogens is 252 g/mol. The maximum atomic E-state index is 8.72. The molecule has 0 radical (unpaired) electrons. The molecule has 4 N–H and O–H groups in total. The fourth-order valence-corrected chi connectivity index (χ4v) is 2.01. The molecule has 5 nitrogen and oxygen atoms in total. The van der Waals surface area contributed by atoms with E-state index in [0.717, 1.165) is 31.5 Å². The van der Waals surface area contributed by atoms with E-state index in [9.17, 15) is 0 Å². The average molecular weight is 278 g/mol. The maximum absolute atomic E-state index is 8.72. The molecule has 0 saturated carbocycles. The van der Waals surface area contributed by atoms with Gasteiger partial charge in [-0.25, -0.2) is 0 Å². The number of unbranched alkanes of at least 4 members (excludes halogenated alkanes) is 1. The molecule has 1 aromatic heterocycles. The van der Waals surface area contributed by atoms with E-state index in [1.807, 2.05) is 38.2 Å². The zero-order valence-corrected chi connectivity index (χ0v) is 12.6. The smallest absolute Gasteiger partial charge is 0.144 e. The Balaban J connectivity index is 2.23. The van der Waals surface area contributed by atoms with Gasteiger partial charge in [0, 0.05) is 17.7 Å². The lowest BCUT2D eigenvalue weighted by Gasteiger charge is -2.22. The van der Waals surface area contributed by atoms with E-state index in [2.05, 4.69) is 22.4 Å². The summed E-state index contributed by atoms with van der Waals surface area (Å²) >= 11 is 0. The highest BCUT2D eigenvalue weighted by molar-refractivity contribution is 5.85. The number of hydrogen-bond donors (Lipinski definition) is 3. The van der Waals surface area contributed by atoms with Crippen molar-refractivity contribution in [2.75, 3.05) is 6.54 Å². The van der Waals surface area contributed by atoms with Crippen molar-refractivity contribution in [2.24, 2.45) is 16.3 Å². The van der Waals surface area contributed by atoms with E-state index in [1.165, 1.54) is 0 Å². The zero-order valence-electron chi connectivity index (χ0n) is 12.6. The molecule has 1 aromatic rings. The van der Waals surface area contributed by atoms with Crippen molar-refractivity contribution in [3.05, 3.63) is 30.1 Å². The summed E-state index contributed by atoms with van der Waals surface area (Å²) in [4.78, 5) is 4.33. The second-order valence-corrected chi connectivity index (χ2v) is 5.76. The lowest BCUT2D eigenvalue weighted by Crippen LogP contribution is -2.32. The molecule has 0 spiro atoms. The molecule has 0 saturated heterocycles. The summed E-state index contributed by atoms with van der Waals surface area (Å²) < 4.78 is 0. The molecule has 0 aromatic carbocycles. The summed E-state index contributed by atoms with van der Waals surface area (Å²) in [6, 6.07) is 6.21. The fourth-order valence-electron chi connectivity index (χ4n) is 2.01. The standard InChI is InChI=1S/C15H26N4O/c1-12(13-8-4-6-11-18-13)17-10-7-5-9-15(2,3)14(16)19-20/h4,6,8,11-12,17,20H,5,7,9-10H2,1-3H3,(H2,16,19). The molecule has 0 aliphatic rings. The first-order valence-electron chi connectivity index (χ1n) is 7.09. The molecule has 0 fully saturated rings. The lowest BCUT2D eigenvalue weighted by molar-refractivity contribution is 0.304. The molecular formula is C15H26N4O. The van der Waals surface area contributed by atoms with Crippen LogP contribution in [0.1, 0.15) is 51.8 Å². The van der Waals surface area contributed by atoms with E-state index in [0.29, 0.717) is 5.84 Å². The molecule has 1 heterocycles. The highest BCUT2D eigenvalue weighted by Gasteiger charge is 2.22. The molecule has 112 valence electrons. The quantitative estimate of drug-likeness (QED) is 0.224. The van der Waals surface area contributed by atoms with Crippen LogP contribution in [0.5, 0.6) is 0 Å². The van der Waals surface area contributed by atoms with Crippen molar-refractivity contribution < 1.29 is 5.21 Å². The van der Waals surface area contributed by atoms with Crippen molar-refractivity contribution in [3.63, 3.8) is 0 Å². The third-order valence-electron chi connectivity index (χ3n) is 3.61. The Morgan fingerprint density at radius 2 is 2.20 bits per heavy atom. The number of rotatable bonds is 8. The summed E-state index contributed by atoms with van der Waals surface area (Å²) in [5.74, 6) is 0.298. The number of pyridine rings is 1. The normalized spacial score (nSPS) is 14.2. The van der Waals surface area contributed by atoms with Crippen LogP contribution < -0.4 is 11.1 Å². The van der Waals surface area contributed by atoms with Gasteiger partial charge < -0.3 is 16.3 Å². The Labute approximate surface area is 121 Å². The predicted molar refractivity (Wildman–Crippen MR) is 81.7 cm³/mol. The van der Waals surface area contributed by atoms with Crippen molar-refractivity contribution in [1.82, 2.24) is 10.3 Å². The molecule has 1 atom stereocenters. The summed E-state index contributed by atoms with van der Waals surface area (Å²) in [5.41, 5.74) is 6.48. The van der Waals surface area contributed by atoms with Crippen LogP contribution in [0.3, 0.4) is 0 Å². The minimum atomic E-state index is -0.249. The van der Waals surface area contributed by atoms with Gasteiger partial charge in [-0.05, 0) is 38.4 Å². The van der Waals surface area contributed by atoms with Gasteiger partial charge in [-0.1, -0.05) is 31.5 Å². The van der Waals surface area contributed by atoms with E-state index in [1.54, 1.807) is 0 Å². The number of oxime groups is 1. The average Bonchev–Trinajstić information content (AvgIpc) is 2.46. The molecule has 1 unspecified atom stereocenters. The van der Waals surface area contributed by atoms with Crippen molar-refractivity contribution >= 4 is 5.84 Å².